The van der Waals surface area contributed by atoms with Gasteiger partial charge in [-0.1, -0.05) is 54.1 Å². The Morgan fingerprint density at radius 1 is 0.909 bits per heavy atom. The predicted octanol–water partition coefficient (Wildman–Crippen LogP) is 5.74. The smallest absolute Gasteiger partial charge is 0.231 e. The fourth-order valence-corrected chi connectivity index (χ4v) is 4.17. The topological polar surface area (TPSA) is 61.2 Å². The SMILES string of the molecule is Cc1ccc(-n2cc(-c3ccccc3)c3c(NCc4ccc5c(c4)OCO5)ncnc32)cc1. The highest BCUT2D eigenvalue weighted by Crippen LogP contribution is 2.36. The number of benzene rings is 3. The van der Waals surface area contributed by atoms with E-state index in [2.05, 4.69) is 69.4 Å². The second-order valence-electron chi connectivity index (χ2n) is 8.08. The molecule has 0 saturated carbocycles. The van der Waals surface area contributed by atoms with Gasteiger partial charge in [0.15, 0.2) is 17.1 Å². The van der Waals surface area contributed by atoms with E-state index < -0.39 is 0 Å². The van der Waals surface area contributed by atoms with E-state index in [1.54, 1.807) is 6.33 Å². The highest BCUT2D eigenvalue weighted by atomic mass is 16.7. The quantitative estimate of drug-likeness (QED) is 0.382. The van der Waals surface area contributed by atoms with E-state index in [1.165, 1.54) is 5.56 Å². The van der Waals surface area contributed by atoms with Crippen LogP contribution in [0, 0.1) is 6.92 Å². The van der Waals surface area contributed by atoms with Crippen LogP contribution in [0.25, 0.3) is 27.8 Å². The molecule has 5 aromatic rings. The summed E-state index contributed by atoms with van der Waals surface area (Å²) >= 11 is 0. The van der Waals surface area contributed by atoms with Gasteiger partial charge in [0.25, 0.3) is 0 Å². The molecule has 0 bridgehead atoms. The third-order valence-electron chi connectivity index (χ3n) is 5.88. The molecule has 3 aromatic carbocycles. The standard InChI is InChI=1S/C27H22N4O2/c1-18-7-10-21(11-8-18)31-15-22(20-5-3-2-4-6-20)25-26(29-16-30-27(25)31)28-14-19-9-12-23-24(13-19)33-17-32-23/h2-13,15-16H,14,17H2,1H3,(H,28,29,30). The van der Waals surface area contributed by atoms with Crippen molar-refractivity contribution in [3.63, 3.8) is 0 Å². The maximum absolute atomic E-state index is 5.52. The summed E-state index contributed by atoms with van der Waals surface area (Å²) in [6.45, 7) is 2.96. The number of ether oxygens (including phenoxy) is 2. The molecule has 0 unspecified atom stereocenters. The first-order valence-corrected chi connectivity index (χ1v) is 10.9. The van der Waals surface area contributed by atoms with Gasteiger partial charge in [-0.25, -0.2) is 9.97 Å². The number of hydrogen-bond acceptors (Lipinski definition) is 5. The Kier molecular flexibility index (Phi) is 4.69. The number of rotatable bonds is 5. The normalized spacial score (nSPS) is 12.3. The van der Waals surface area contributed by atoms with Crippen LogP contribution in [0.4, 0.5) is 5.82 Å². The van der Waals surface area contributed by atoms with Crippen molar-refractivity contribution in [3.05, 3.63) is 96.4 Å². The Bertz CT molecular complexity index is 1440. The maximum Gasteiger partial charge on any atom is 0.231 e. The highest BCUT2D eigenvalue weighted by molar-refractivity contribution is 6.02. The minimum atomic E-state index is 0.270. The van der Waals surface area contributed by atoms with Crippen LogP contribution in [0.3, 0.4) is 0 Å². The lowest BCUT2D eigenvalue weighted by Crippen LogP contribution is -2.03. The van der Waals surface area contributed by atoms with Gasteiger partial charge in [0.2, 0.25) is 6.79 Å². The Morgan fingerprint density at radius 3 is 2.58 bits per heavy atom. The number of nitrogens with one attached hydrogen (secondary N) is 1. The Morgan fingerprint density at radius 2 is 1.73 bits per heavy atom. The summed E-state index contributed by atoms with van der Waals surface area (Å²) in [6, 6.07) is 24.8. The molecule has 0 radical (unpaired) electrons. The zero-order chi connectivity index (χ0) is 22.2. The molecule has 33 heavy (non-hydrogen) atoms. The second-order valence-corrected chi connectivity index (χ2v) is 8.08. The van der Waals surface area contributed by atoms with E-state index >= 15 is 0 Å². The molecule has 0 aliphatic carbocycles. The van der Waals surface area contributed by atoms with E-state index in [1.807, 2.05) is 36.4 Å². The van der Waals surface area contributed by atoms with Gasteiger partial charge >= 0.3 is 0 Å². The molecule has 162 valence electrons. The molecule has 3 heterocycles. The largest absolute Gasteiger partial charge is 0.454 e. The van der Waals surface area contributed by atoms with Crippen LogP contribution in [0.5, 0.6) is 11.5 Å². The minimum absolute atomic E-state index is 0.270. The first-order chi connectivity index (χ1) is 16.3. The van der Waals surface area contributed by atoms with Gasteiger partial charge in [0.1, 0.15) is 12.1 Å². The number of fused-ring (bicyclic) bond motifs is 2. The van der Waals surface area contributed by atoms with Crippen molar-refractivity contribution < 1.29 is 9.47 Å². The fourth-order valence-electron chi connectivity index (χ4n) is 4.17. The lowest BCUT2D eigenvalue weighted by molar-refractivity contribution is 0.174. The summed E-state index contributed by atoms with van der Waals surface area (Å²) in [7, 11) is 0. The van der Waals surface area contributed by atoms with Crippen LogP contribution in [0.15, 0.2) is 85.3 Å². The zero-order valence-electron chi connectivity index (χ0n) is 18.2. The van der Waals surface area contributed by atoms with Crippen molar-refractivity contribution in [2.24, 2.45) is 0 Å². The van der Waals surface area contributed by atoms with Gasteiger partial charge in [-0.15, -0.1) is 0 Å². The third-order valence-corrected chi connectivity index (χ3v) is 5.88. The Labute approximate surface area is 191 Å². The number of nitrogens with zero attached hydrogens (tertiary/aromatic N) is 3. The van der Waals surface area contributed by atoms with Crippen LogP contribution in [0.2, 0.25) is 0 Å². The molecular formula is C27H22N4O2. The van der Waals surface area contributed by atoms with E-state index in [0.29, 0.717) is 6.54 Å². The van der Waals surface area contributed by atoms with Crippen LogP contribution in [-0.2, 0) is 6.54 Å². The van der Waals surface area contributed by atoms with Crippen molar-refractivity contribution in [1.29, 1.82) is 0 Å². The van der Waals surface area contributed by atoms with E-state index in [0.717, 1.165) is 50.7 Å². The highest BCUT2D eigenvalue weighted by Gasteiger charge is 2.18. The van der Waals surface area contributed by atoms with Crippen molar-refractivity contribution in [2.45, 2.75) is 13.5 Å². The summed E-state index contributed by atoms with van der Waals surface area (Å²) in [5.74, 6) is 2.35. The molecule has 0 amide bonds. The molecule has 0 spiro atoms. The van der Waals surface area contributed by atoms with Crippen LogP contribution in [-0.4, -0.2) is 21.3 Å². The summed E-state index contributed by atoms with van der Waals surface area (Å²) in [5, 5.41) is 4.51. The molecule has 1 N–H and O–H groups in total. The summed E-state index contributed by atoms with van der Waals surface area (Å²) in [5.41, 5.74) is 6.44. The van der Waals surface area contributed by atoms with E-state index in [9.17, 15) is 0 Å². The Balaban J connectivity index is 1.44. The predicted molar refractivity (Wildman–Crippen MR) is 129 cm³/mol. The molecule has 6 nitrogen and oxygen atoms in total. The Hall–Kier alpha value is -4.32. The molecular weight excluding hydrogens is 412 g/mol. The average molecular weight is 434 g/mol. The van der Waals surface area contributed by atoms with E-state index in [4.69, 9.17) is 9.47 Å². The van der Waals surface area contributed by atoms with Gasteiger partial charge < -0.3 is 19.4 Å². The van der Waals surface area contributed by atoms with Gasteiger partial charge in [0.05, 0.1) is 5.39 Å². The van der Waals surface area contributed by atoms with Crippen LogP contribution in [0.1, 0.15) is 11.1 Å². The monoisotopic (exact) mass is 434 g/mol. The summed E-state index contributed by atoms with van der Waals surface area (Å²) < 4.78 is 13.1. The van der Waals surface area contributed by atoms with Gasteiger partial charge in [-0.2, -0.15) is 0 Å². The second kappa shape index (κ2) is 7.98. The van der Waals surface area contributed by atoms with Crippen LogP contribution >= 0.6 is 0 Å². The number of hydrogen-bond donors (Lipinski definition) is 1. The molecule has 0 saturated heterocycles. The molecule has 2 aromatic heterocycles. The third kappa shape index (κ3) is 3.55. The first-order valence-electron chi connectivity index (χ1n) is 10.9. The van der Waals surface area contributed by atoms with Gasteiger partial charge in [-0.05, 0) is 42.3 Å². The molecule has 1 aliphatic rings. The molecule has 0 fully saturated rings. The number of aromatic nitrogens is 3. The molecule has 6 rings (SSSR count). The lowest BCUT2D eigenvalue weighted by Gasteiger charge is -2.10. The number of aryl methyl sites for hydroxylation is 1. The fraction of sp³-hybridized carbons (Fsp3) is 0.111. The maximum atomic E-state index is 5.52. The van der Waals surface area contributed by atoms with E-state index in [-0.39, 0.29) is 6.79 Å². The van der Waals surface area contributed by atoms with Gasteiger partial charge in [0, 0.05) is 24.0 Å². The average Bonchev–Trinajstić information content (AvgIpc) is 3.49. The van der Waals surface area contributed by atoms with Crippen molar-refractivity contribution in [1.82, 2.24) is 14.5 Å². The van der Waals surface area contributed by atoms with Crippen molar-refractivity contribution in [2.75, 3.05) is 12.1 Å². The van der Waals surface area contributed by atoms with Gasteiger partial charge in [-0.3, -0.25) is 0 Å². The zero-order valence-corrected chi connectivity index (χ0v) is 18.2. The molecule has 0 atom stereocenters. The summed E-state index contributed by atoms with van der Waals surface area (Å²) in [4.78, 5) is 9.27. The molecule has 6 heteroatoms. The minimum Gasteiger partial charge on any atom is -0.454 e. The summed E-state index contributed by atoms with van der Waals surface area (Å²) in [6.07, 6.45) is 3.76. The van der Waals surface area contributed by atoms with Crippen molar-refractivity contribution in [3.8, 4) is 28.3 Å². The first kappa shape index (κ1) is 19.4. The molecule has 1 aliphatic heterocycles. The number of anilines is 1. The lowest BCUT2D eigenvalue weighted by atomic mass is 10.1. The van der Waals surface area contributed by atoms with Crippen molar-refractivity contribution >= 4 is 16.9 Å². The van der Waals surface area contributed by atoms with Crippen LogP contribution < -0.4 is 14.8 Å².